The van der Waals surface area contributed by atoms with Crippen molar-refractivity contribution in [3.05, 3.63) is 41.9 Å². The van der Waals surface area contributed by atoms with Gasteiger partial charge in [-0.15, -0.1) is 0 Å². The largest absolute Gasteiger partial charge is 0.543 e. The lowest BCUT2D eigenvalue weighted by Gasteiger charge is -2.25. The molecule has 0 unspecified atom stereocenters. The SMILES string of the molecule is COc1ccc([C@H]2C=C(C(=O)[O-])Nc3ncnn32)cc1OC. The van der Waals surface area contributed by atoms with E-state index < -0.39 is 12.0 Å². The number of carbonyl (C=O) groups excluding carboxylic acids is 1. The van der Waals surface area contributed by atoms with Crippen LogP contribution >= 0.6 is 0 Å². The van der Waals surface area contributed by atoms with Crippen LogP contribution in [0.25, 0.3) is 0 Å². The van der Waals surface area contributed by atoms with Crippen molar-refractivity contribution in [2.24, 2.45) is 0 Å². The fraction of sp³-hybridized carbons (Fsp3) is 0.214. The Morgan fingerprint density at radius 3 is 2.77 bits per heavy atom. The van der Waals surface area contributed by atoms with Crippen LogP contribution in [0.3, 0.4) is 0 Å². The third kappa shape index (κ3) is 2.24. The highest BCUT2D eigenvalue weighted by Gasteiger charge is 2.24. The molecule has 1 aromatic carbocycles. The number of hydrogen-bond donors (Lipinski definition) is 1. The Balaban J connectivity index is 2.09. The van der Waals surface area contributed by atoms with Crippen LogP contribution in [0.1, 0.15) is 11.6 Å². The average Bonchev–Trinajstić information content (AvgIpc) is 3.01. The van der Waals surface area contributed by atoms with Gasteiger partial charge in [-0.25, -0.2) is 4.68 Å². The second-order valence-corrected chi connectivity index (χ2v) is 4.58. The molecule has 0 bridgehead atoms. The molecule has 0 amide bonds. The Labute approximate surface area is 126 Å². The fourth-order valence-electron chi connectivity index (χ4n) is 2.33. The van der Waals surface area contributed by atoms with Crippen LogP contribution < -0.4 is 19.9 Å². The summed E-state index contributed by atoms with van der Waals surface area (Å²) in [6.07, 6.45) is 2.86. The first kappa shape index (κ1) is 13.9. The molecule has 2 aromatic rings. The van der Waals surface area contributed by atoms with Gasteiger partial charge in [0, 0.05) is 0 Å². The summed E-state index contributed by atoms with van der Waals surface area (Å²) in [5, 5.41) is 17.9. The number of rotatable bonds is 4. The number of carbonyl (C=O) groups is 1. The number of nitrogens with one attached hydrogen (secondary N) is 1. The Bertz CT molecular complexity index is 753. The third-order valence-electron chi connectivity index (χ3n) is 3.38. The second kappa shape index (κ2) is 5.40. The minimum absolute atomic E-state index is 0.0553. The Morgan fingerprint density at radius 1 is 1.32 bits per heavy atom. The number of fused-ring (bicyclic) bond motifs is 1. The number of carboxylic acid groups (broad SMARTS) is 1. The van der Waals surface area contributed by atoms with Crippen LogP contribution in [0.15, 0.2) is 36.3 Å². The van der Waals surface area contributed by atoms with Gasteiger partial charge in [0.05, 0.1) is 25.9 Å². The second-order valence-electron chi connectivity index (χ2n) is 4.58. The predicted octanol–water partition coefficient (Wildman–Crippen LogP) is -0.0560. The van der Waals surface area contributed by atoms with E-state index in [0.29, 0.717) is 17.4 Å². The van der Waals surface area contributed by atoms with Crippen molar-refractivity contribution in [3.63, 3.8) is 0 Å². The van der Waals surface area contributed by atoms with E-state index in [0.717, 1.165) is 5.56 Å². The molecule has 2 heterocycles. The van der Waals surface area contributed by atoms with Gasteiger partial charge >= 0.3 is 0 Å². The summed E-state index contributed by atoms with van der Waals surface area (Å²) in [5.74, 6) is 0.160. The van der Waals surface area contributed by atoms with Crippen molar-refractivity contribution in [1.82, 2.24) is 14.8 Å². The zero-order valence-corrected chi connectivity index (χ0v) is 11.9. The van der Waals surface area contributed by atoms with Crippen molar-refractivity contribution in [3.8, 4) is 11.5 Å². The van der Waals surface area contributed by atoms with Gasteiger partial charge in [-0.05, 0) is 23.8 Å². The van der Waals surface area contributed by atoms with E-state index in [1.807, 2.05) is 6.07 Å². The monoisotopic (exact) mass is 301 g/mol. The number of allylic oxidation sites excluding steroid dienone is 1. The van der Waals surface area contributed by atoms with Crippen LogP contribution in [0.4, 0.5) is 5.95 Å². The van der Waals surface area contributed by atoms with Crippen molar-refractivity contribution in [2.75, 3.05) is 19.5 Å². The predicted molar refractivity (Wildman–Crippen MR) is 74.4 cm³/mol. The lowest BCUT2D eigenvalue weighted by atomic mass is 10.0. The lowest BCUT2D eigenvalue weighted by molar-refractivity contribution is -0.299. The summed E-state index contributed by atoms with van der Waals surface area (Å²) in [4.78, 5) is 15.1. The lowest BCUT2D eigenvalue weighted by Crippen LogP contribution is -2.32. The minimum atomic E-state index is -1.31. The van der Waals surface area contributed by atoms with E-state index >= 15 is 0 Å². The van der Waals surface area contributed by atoms with Crippen molar-refractivity contribution >= 4 is 11.9 Å². The molecule has 3 rings (SSSR count). The molecular weight excluding hydrogens is 288 g/mol. The minimum Gasteiger partial charge on any atom is -0.543 e. The number of benzene rings is 1. The van der Waals surface area contributed by atoms with Gasteiger partial charge < -0.3 is 24.7 Å². The number of methoxy groups -OCH3 is 2. The molecule has 1 aromatic heterocycles. The summed E-state index contributed by atoms with van der Waals surface area (Å²) >= 11 is 0. The molecule has 8 heteroatoms. The number of carboxylic acids is 1. The highest BCUT2D eigenvalue weighted by molar-refractivity contribution is 5.88. The number of hydrogen-bond acceptors (Lipinski definition) is 7. The maximum absolute atomic E-state index is 11.1. The van der Waals surface area contributed by atoms with E-state index in [4.69, 9.17) is 9.47 Å². The molecule has 0 fully saturated rings. The van der Waals surface area contributed by atoms with Crippen LogP contribution in [0.5, 0.6) is 11.5 Å². The molecule has 22 heavy (non-hydrogen) atoms. The maximum atomic E-state index is 11.1. The molecule has 0 spiro atoms. The molecule has 0 saturated carbocycles. The molecule has 1 atom stereocenters. The van der Waals surface area contributed by atoms with Gasteiger partial charge in [-0.3, -0.25) is 0 Å². The Kier molecular flexibility index (Phi) is 3.42. The summed E-state index contributed by atoms with van der Waals surface area (Å²) in [6.45, 7) is 0. The number of ether oxygens (including phenoxy) is 2. The van der Waals surface area contributed by atoms with E-state index in [1.165, 1.54) is 19.5 Å². The number of anilines is 1. The highest BCUT2D eigenvalue weighted by Crippen LogP contribution is 2.34. The summed E-state index contributed by atoms with van der Waals surface area (Å²) in [6, 6.07) is 4.89. The third-order valence-corrected chi connectivity index (χ3v) is 3.38. The van der Waals surface area contributed by atoms with Crippen molar-refractivity contribution in [1.29, 1.82) is 0 Å². The average molecular weight is 301 g/mol. The molecule has 1 aliphatic heterocycles. The van der Waals surface area contributed by atoms with E-state index in [1.54, 1.807) is 23.9 Å². The normalized spacial score (nSPS) is 16.3. The van der Waals surface area contributed by atoms with Crippen LogP contribution in [-0.2, 0) is 4.79 Å². The molecule has 1 aliphatic rings. The van der Waals surface area contributed by atoms with Gasteiger partial charge in [0.25, 0.3) is 0 Å². The fourth-order valence-corrected chi connectivity index (χ4v) is 2.33. The highest BCUT2D eigenvalue weighted by atomic mass is 16.5. The maximum Gasteiger partial charge on any atom is 0.226 e. The van der Waals surface area contributed by atoms with Crippen LogP contribution in [0.2, 0.25) is 0 Å². The summed E-state index contributed by atoms with van der Waals surface area (Å²) in [7, 11) is 3.08. The smallest absolute Gasteiger partial charge is 0.226 e. The van der Waals surface area contributed by atoms with E-state index in [2.05, 4.69) is 15.4 Å². The molecule has 0 saturated heterocycles. The molecule has 1 N–H and O–H groups in total. The first-order valence-electron chi connectivity index (χ1n) is 6.45. The Hall–Kier alpha value is -3.03. The molecule has 0 radical (unpaired) electrons. The summed E-state index contributed by atoms with van der Waals surface area (Å²) in [5.41, 5.74) is 0.727. The number of nitrogens with zero attached hydrogens (tertiary/aromatic N) is 3. The van der Waals surface area contributed by atoms with Gasteiger partial charge in [0.1, 0.15) is 12.4 Å². The van der Waals surface area contributed by atoms with Crippen LogP contribution in [0, 0.1) is 0 Å². The van der Waals surface area contributed by atoms with E-state index in [9.17, 15) is 9.90 Å². The van der Waals surface area contributed by atoms with Gasteiger partial charge in [0.2, 0.25) is 5.95 Å². The first-order valence-corrected chi connectivity index (χ1v) is 6.45. The molecule has 114 valence electrons. The zero-order chi connectivity index (χ0) is 15.7. The van der Waals surface area contributed by atoms with Gasteiger partial charge in [-0.1, -0.05) is 6.07 Å². The molecule has 0 aliphatic carbocycles. The van der Waals surface area contributed by atoms with Crippen molar-refractivity contribution in [2.45, 2.75) is 6.04 Å². The number of aromatic nitrogens is 3. The Morgan fingerprint density at radius 2 is 2.09 bits per heavy atom. The topological polar surface area (TPSA) is 101 Å². The quantitative estimate of drug-likeness (QED) is 0.844. The van der Waals surface area contributed by atoms with Crippen molar-refractivity contribution < 1.29 is 19.4 Å². The zero-order valence-electron chi connectivity index (χ0n) is 11.9. The van der Waals surface area contributed by atoms with E-state index in [-0.39, 0.29) is 5.70 Å². The van der Waals surface area contributed by atoms with Gasteiger partial charge in [-0.2, -0.15) is 10.1 Å². The molecule has 8 nitrogen and oxygen atoms in total. The van der Waals surface area contributed by atoms with Gasteiger partial charge in [0.15, 0.2) is 11.5 Å². The first-order chi connectivity index (χ1) is 10.6. The standard InChI is InChI=1S/C14H14N4O4/c1-21-11-4-3-8(5-12(11)22-2)10-6-9(13(19)20)17-14-15-7-16-18(10)14/h3-7,10H,1-2H3,(H,19,20)(H,15,16,17)/p-1/t10-/m1/s1. The van der Waals surface area contributed by atoms with Crippen LogP contribution in [-0.4, -0.2) is 35.0 Å². The molecular formula is C14H13N4O4-. The summed E-state index contributed by atoms with van der Waals surface area (Å²) < 4.78 is 12.1. The number of aliphatic carboxylic acids is 1.